The topological polar surface area (TPSA) is 0 Å². The Bertz CT molecular complexity index is 433. The minimum absolute atomic E-state index is 1.15. The van der Waals surface area contributed by atoms with Crippen molar-refractivity contribution in [3.05, 3.63) is 29.8 Å². The summed E-state index contributed by atoms with van der Waals surface area (Å²) in [6, 6.07) is 9.91. The molecular weight excluding hydrogens is 317 g/mol. The van der Waals surface area contributed by atoms with E-state index in [1.807, 2.05) is 0 Å². The maximum atomic E-state index is 2.67. The molecule has 0 radical (unpaired) electrons. The predicted molar refractivity (Wildman–Crippen MR) is 111 cm³/mol. The highest BCUT2D eigenvalue weighted by molar-refractivity contribution is 7.92. The molecule has 0 aromatic heterocycles. The van der Waals surface area contributed by atoms with Gasteiger partial charge in [-0.3, -0.25) is 0 Å². The zero-order chi connectivity index (χ0) is 16.7. The summed E-state index contributed by atoms with van der Waals surface area (Å²) < 4.78 is 0. The van der Waals surface area contributed by atoms with Gasteiger partial charge >= 0.3 is 0 Å². The van der Waals surface area contributed by atoms with Gasteiger partial charge in [0.15, 0.2) is 0 Å². The lowest BCUT2D eigenvalue weighted by atomic mass is 10.2. The van der Waals surface area contributed by atoms with E-state index in [2.05, 4.69) is 90.1 Å². The molecule has 0 aliphatic heterocycles. The Morgan fingerprint density at radius 3 is 1.19 bits per heavy atom. The van der Waals surface area contributed by atoms with Crippen LogP contribution in [0, 0.1) is 0 Å². The van der Waals surface area contributed by atoms with Crippen molar-refractivity contribution in [3.63, 3.8) is 0 Å². The Labute approximate surface area is 136 Å². The van der Waals surface area contributed by atoms with Crippen LogP contribution >= 0.6 is 0 Å². The average molecular weight is 353 g/mol. The molecule has 1 rings (SSSR count). The molecule has 0 amide bonds. The molecule has 0 saturated carbocycles. The van der Waals surface area contributed by atoms with Crippen molar-refractivity contribution in [2.75, 3.05) is 0 Å². The summed E-state index contributed by atoms with van der Waals surface area (Å²) in [6.45, 7) is 24.9. The Kier molecular flexibility index (Phi) is 5.42. The highest BCUT2D eigenvalue weighted by Gasteiger charge is 2.62. The molecule has 0 heterocycles. The maximum Gasteiger partial charge on any atom is 0.0685 e. The monoisotopic (exact) mass is 352 g/mol. The highest BCUT2D eigenvalue weighted by atomic mass is 29.9. The molecule has 21 heavy (non-hydrogen) atoms. The van der Waals surface area contributed by atoms with Crippen molar-refractivity contribution in [2.24, 2.45) is 0 Å². The van der Waals surface area contributed by atoms with E-state index in [1.54, 1.807) is 5.19 Å². The van der Waals surface area contributed by atoms with E-state index in [9.17, 15) is 0 Å². The van der Waals surface area contributed by atoms with Crippen molar-refractivity contribution in [1.82, 2.24) is 0 Å². The summed E-state index contributed by atoms with van der Waals surface area (Å²) in [7, 11) is -3.64. The summed E-state index contributed by atoms with van der Waals surface area (Å²) in [5, 5.41) is 1.80. The normalized spacial score (nSPS) is 14.4. The molecule has 4 heteroatoms. The number of benzene rings is 1. The lowest BCUT2D eigenvalue weighted by Gasteiger charge is -2.57. The van der Waals surface area contributed by atoms with Crippen LogP contribution in [0.1, 0.15) is 12.5 Å². The number of rotatable bonds is 5. The van der Waals surface area contributed by atoms with E-state index in [4.69, 9.17) is 0 Å². The minimum Gasteiger partial charge on any atom is -0.0716 e. The molecule has 0 N–H and O–H groups in total. The van der Waals surface area contributed by atoms with Gasteiger partial charge < -0.3 is 0 Å². The van der Waals surface area contributed by atoms with Crippen LogP contribution in [0.5, 0.6) is 0 Å². The van der Waals surface area contributed by atoms with E-state index in [0.29, 0.717) is 0 Å². The molecule has 0 atom stereocenters. The van der Waals surface area contributed by atoms with Gasteiger partial charge in [-0.15, -0.1) is 0 Å². The summed E-state index contributed by atoms with van der Waals surface area (Å²) in [5.41, 5.74) is 1.49. The number of hydrogen-bond donors (Lipinski definition) is 0. The van der Waals surface area contributed by atoms with Crippen LogP contribution in [0.4, 0.5) is 0 Å². The fourth-order valence-corrected chi connectivity index (χ4v) is 106. The number of hydrogen-bond acceptors (Lipinski definition) is 0. The first-order chi connectivity index (χ1) is 9.29. The van der Waals surface area contributed by atoms with Gasteiger partial charge in [0, 0.05) is 22.8 Å². The molecule has 0 bridgehead atoms. The van der Waals surface area contributed by atoms with Crippen LogP contribution in [-0.4, -0.2) is 29.4 Å². The van der Waals surface area contributed by atoms with Gasteiger partial charge in [-0.05, 0) is 12.0 Å². The first-order valence-electron chi connectivity index (χ1n) is 8.38. The zero-order valence-electron chi connectivity index (χ0n) is 16.0. The van der Waals surface area contributed by atoms with Gasteiger partial charge in [0.2, 0.25) is 0 Å². The van der Waals surface area contributed by atoms with E-state index in [0.717, 1.165) is 6.42 Å². The third kappa shape index (κ3) is 3.23. The van der Waals surface area contributed by atoms with Gasteiger partial charge in [0.05, 0.1) is 6.63 Å². The average Bonchev–Trinajstić information content (AvgIpc) is 2.24. The second kappa shape index (κ2) is 5.94. The first kappa shape index (κ1) is 19.1. The second-order valence-electron chi connectivity index (χ2n) is 9.55. The van der Waals surface area contributed by atoms with Gasteiger partial charge in [-0.1, -0.05) is 95.3 Å². The van der Waals surface area contributed by atoms with Crippen LogP contribution in [0.2, 0.25) is 58.9 Å². The van der Waals surface area contributed by atoms with Crippen molar-refractivity contribution in [2.45, 2.75) is 72.3 Å². The Morgan fingerprint density at radius 1 is 0.619 bits per heavy atom. The van der Waals surface area contributed by atoms with E-state index < -0.39 is 29.4 Å². The van der Waals surface area contributed by atoms with E-state index in [-0.39, 0.29) is 0 Å². The van der Waals surface area contributed by atoms with Crippen LogP contribution < -0.4 is 5.19 Å². The van der Waals surface area contributed by atoms with Gasteiger partial charge in [0.25, 0.3) is 0 Å². The summed E-state index contributed by atoms with van der Waals surface area (Å²) in [4.78, 5) is 0. The Morgan fingerprint density at radius 2 is 0.952 bits per heavy atom. The smallest absolute Gasteiger partial charge is 0.0685 e. The Balaban J connectivity index is 3.72. The van der Waals surface area contributed by atoms with Gasteiger partial charge in [-0.2, -0.15) is 0 Å². The fraction of sp³-hybridized carbons (Fsp3) is 0.647. The first-order valence-corrected chi connectivity index (χ1v) is 23.9. The molecule has 0 nitrogen and oxygen atoms in total. The quantitative estimate of drug-likeness (QED) is 0.642. The molecular formula is C17H36Si4. The molecule has 0 unspecified atom stereocenters. The molecule has 0 fully saturated rings. The van der Waals surface area contributed by atoms with Crippen molar-refractivity contribution in [3.8, 4) is 0 Å². The standard InChI is InChI=1S/C17H36Si4/c1-11-16-12-14-17(15-13-16)21(18(2,3)4,19(5,6)7)20(8,9)10/h12-15H,11H2,1-10H3. The highest BCUT2D eigenvalue weighted by Crippen LogP contribution is 2.36. The zero-order valence-corrected chi connectivity index (χ0v) is 20.0. The fourth-order valence-electron chi connectivity index (χ4n) is 5.66. The predicted octanol–water partition coefficient (Wildman–Crippen LogP) is 5.15. The number of aryl methyl sites for hydroxylation is 1. The van der Waals surface area contributed by atoms with Crippen LogP contribution in [-0.2, 0) is 6.42 Å². The summed E-state index contributed by atoms with van der Waals surface area (Å²) in [6.07, 6.45) is 1.15. The van der Waals surface area contributed by atoms with Crippen molar-refractivity contribution < 1.29 is 0 Å². The third-order valence-electron chi connectivity index (χ3n) is 5.17. The largest absolute Gasteiger partial charge is 0.0716 e. The molecule has 0 saturated heterocycles. The van der Waals surface area contributed by atoms with E-state index >= 15 is 0 Å². The molecule has 1 aromatic rings. The molecule has 0 spiro atoms. The third-order valence-corrected chi connectivity index (χ3v) is 76.5. The van der Waals surface area contributed by atoms with Crippen LogP contribution in [0.15, 0.2) is 24.3 Å². The molecule has 0 aliphatic carbocycles. The SMILES string of the molecule is CCc1ccc([Si]([Si](C)(C)C)([Si](C)(C)C)[Si](C)(C)C)cc1. The lowest BCUT2D eigenvalue weighted by Crippen LogP contribution is -2.88. The van der Waals surface area contributed by atoms with Crippen molar-refractivity contribution in [1.29, 1.82) is 0 Å². The molecule has 0 aliphatic rings. The molecule has 1 aromatic carbocycles. The molecule has 120 valence electrons. The minimum atomic E-state index is -1.40. The lowest BCUT2D eigenvalue weighted by molar-refractivity contribution is 1.14. The van der Waals surface area contributed by atoms with Gasteiger partial charge in [0.1, 0.15) is 0 Å². The summed E-state index contributed by atoms with van der Waals surface area (Å²) >= 11 is 0. The van der Waals surface area contributed by atoms with E-state index in [1.165, 1.54) is 5.56 Å². The van der Waals surface area contributed by atoms with Gasteiger partial charge in [-0.25, -0.2) is 0 Å². The van der Waals surface area contributed by atoms with Crippen LogP contribution in [0.25, 0.3) is 0 Å². The maximum absolute atomic E-state index is 2.67. The van der Waals surface area contributed by atoms with Crippen LogP contribution in [0.3, 0.4) is 0 Å². The van der Waals surface area contributed by atoms with Crippen molar-refractivity contribution >= 4 is 34.6 Å². The second-order valence-corrected chi connectivity index (χ2v) is 49.9. The summed E-state index contributed by atoms with van der Waals surface area (Å²) in [5.74, 6) is 0. The Hall–Kier alpha value is 0.0875.